The quantitative estimate of drug-likeness (QED) is 0.828. The van der Waals surface area contributed by atoms with E-state index >= 15 is 0 Å². The molecule has 0 aromatic rings. The number of carbonyl (C=O) groups is 1. The molecule has 2 rings (SSSR count). The molecule has 106 valence electrons. The number of piperidine rings is 1. The molecular formula is C14H27ClN2O. The molecule has 2 fully saturated rings. The average molecular weight is 275 g/mol. The number of hydrogen-bond acceptors (Lipinski definition) is 2. The summed E-state index contributed by atoms with van der Waals surface area (Å²) < 4.78 is 0. The zero-order chi connectivity index (χ0) is 11.9. The molecule has 1 amide bonds. The van der Waals surface area contributed by atoms with Gasteiger partial charge in [0.05, 0.1) is 0 Å². The Morgan fingerprint density at radius 3 is 2.56 bits per heavy atom. The Bertz CT molecular complexity index is 236. The zero-order valence-electron chi connectivity index (χ0n) is 11.2. The number of rotatable bonds is 4. The zero-order valence-corrected chi connectivity index (χ0v) is 12.1. The molecular weight excluding hydrogens is 248 g/mol. The normalized spacial score (nSPS) is 25.2. The van der Waals surface area contributed by atoms with E-state index in [9.17, 15) is 4.79 Å². The molecule has 1 aliphatic heterocycles. The van der Waals surface area contributed by atoms with Crippen LogP contribution in [0.15, 0.2) is 0 Å². The first kappa shape index (κ1) is 15.8. The maximum absolute atomic E-state index is 11.8. The van der Waals surface area contributed by atoms with Gasteiger partial charge in [0.1, 0.15) is 0 Å². The summed E-state index contributed by atoms with van der Waals surface area (Å²) in [6, 6.07) is 0.377. The molecule has 2 N–H and O–H groups in total. The van der Waals surface area contributed by atoms with Crippen molar-refractivity contribution in [2.75, 3.05) is 13.1 Å². The molecule has 3 nitrogen and oxygen atoms in total. The van der Waals surface area contributed by atoms with Gasteiger partial charge >= 0.3 is 0 Å². The molecule has 18 heavy (non-hydrogen) atoms. The van der Waals surface area contributed by atoms with Crippen molar-refractivity contribution < 1.29 is 4.79 Å². The second-order valence-corrected chi connectivity index (χ2v) is 5.65. The lowest BCUT2D eigenvalue weighted by Gasteiger charge is -2.25. The molecule has 0 aromatic heterocycles. The predicted octanol–water partition coefficient (Wildman–Crippen LogP) is 2.64. The fourth-order valence-electron chi connectivity index (χ4n) is 3.09. The average Bonchev–Trinajstić information content (AvgIpc) is 2.39. The molecule has 4 heteroatoms. The summed E-state index contributed by atoms with van der Waals surface area (Å²) >= 11 is 0. The number of nitrogens with one attached hydrogen (secondary N) is 2. The van der Waals surface area contributed by atoms with E-state index in [0.29, 0.717) is 6.04 Å². The summed E-state index contributed by atoms with van der Waals surface area (Å²) in [5.41, 5.74) is 0. The second-order valence-electron chi connectivity index (χ2n) is 5.65. The molecule has 1 aliphatic carbocycles. The van der Waals surface area contributed by atoms with Crippen LogP contribution in [0, 0.1) is 5.92 Å². The summed E-state index contributed by atoms with van der Waals surface area (Å²) in [4.78, 5) is 11.8. The molecule has 0 unspecified atom stereocenters. The molecule has 1 saturated carbocycles. The van der Waals surface area contributed by atoms with Gasteiger partial charge < -0.3 is 10.6 Å². The summed E-state index contributed by atoms with van der Waals surface area (Å²) in [5.74, 6) is 1.09. The summed E-state index contributed by atoms with van der Waals surface area (Å²) in [5, 5.41) is 6.49. The molecule has 1 saturated heterocycles. The van der Waals surface area contributed by atoms with Gasteiger partial charge in [-0.2, -0.15) is 0 Å². The van der Waals surface area contributed by atoms with Crippen LogP contribution in [-0.4, -0.2) is 25.0 Å². The standard InChI is InChI=1S/C14H26N2O.ClH/c17-14(16-13-7-4-10-15-11-13)9-8-12-5-2-1-3-6-12;/h12-13,15H,1-11H2,(H,16,17);1H/t13-;/m0./s1. The van der Waals surface area contributed by atoms with E-state index in [1.807, 2.05) is 0 Å². The van der Waals surface area contributed by atoms with Gasteiger partial charge in [0.15, 0.2) is 0 Å². The third kappa shape index (κ3) is 5.57. The van der Waals surface area contributed by atoms with E-state index in [1.54, 1.807) is 0 Å². The van der Waals surface area contributed by atoms with Crippen LogP contribution in [0.5, 0.6) is 0 Å². The minimum Gasteiger partial charge on any atom is -0.352 e. The first-order valence-electron chi connectivity index (χ1n) is 7.34. The Kier molecular flexibility index (Phi) is 7.68. The van der Waals surface area contributed by atoms with Gasteiger partial charge in [-0.3, -0.25) is 4.79 Å². The van der Waals surface area contributed by atoms with Crippen LogP contribution in [0.4, 0.5) is 0 Å². The number of hydrogen-bond donors (Lipinski definition) is 2. The molecule has 2 aliphatic rings. The van der Waals surface area contributed by atoms with Crippen LogP contribution in [0.1, 0.15) is 57.8 Å². The predicted molar refractivity (Wildman–Crippen MR) is 77.1 cm³/mol. The monoisotopic (exact) mass is 274 g/mol. The van der Waals surface area contributed by atoms with Crippen LogP contribution in [-0.2, 0) is 4.79 Å². The molecule has 0 bridgehead atoms. The van der Waals surface area contributed by atoms with Crippen molar-refractivity contribution >= 4 is 18.3 Å². The highest BCUT2D eigenvalue weighted by atomic mass is 35.5. The van der Waals surface area contributed by atoms with Gasteiger partial charge in [-0.1, -0.05) is 32.1 Å². The highest BCUT2D eigenvalue weighted by Gasteiger charge is 2.17. The third-order valence-corrected chi connectivity index (χ3v) is 4.17. The third-order valence-electron chi connectivity index (χ3n) is 4.17. The van der Waals surface area contributed by atoms with Gasteiger partial charge in [0.2, 0.25) is 5.91 Å². The van der Waals surface area contributed by atoms with Crippen molar-refractivity contribution in [2.24, 2.45) is 5.92 Å². The smallest absolute Gasteiger partial charge is 0.220 e. The lowest BCUT2D eigenvalue weighted by atomic mass is 9.86. The van der Waals surface area contributed by atoms with Crippen LogP contribution in [0.2, 0.25) is 0 Å². The Hall–Kier alpha value is -0.280. The summed E-state index contributed by atoms with van der Waals surface area (Å²) in [6.07, 6.45) is 11.0. The van der Waals surface area contributed by atoms with E-state index < -0.39 is 0 Å². The van der Waals surface area contributed by atoms with Gasteiger partial charge in [-0.15, -0.1) is 12.4 Å². The van der Waals surface area contributed by atoms with Crippen molar-refractivity contribution in [3.63, 3.8) is 0 Å². The lowest BCUT2D eigenvalue weighted by Crippen LogP contribution is -2.45. The van der Waals surface area contributed by atoms with Crippen molar-refractivity contribution in [3.05, 3.63) is 0 Å². The van der Waals surface area contributed by atoms with Crippen LogP contribution in [0.3, 0.4) is 0 Å². The van der Waals surface area contributed by atoms with Crippen molar-refractivity contribution in [2.45, 2.75) is 63.8 Å². The molecule has 1 atom stereocenters. The number of amides is 1. The van der Waals surface area contributed by atoms with E-state index in [4.69, 9.17) is 0 Å². The topological polar surface area (TPSA) is 41.1 Å². The first-order chi connectivity index (χ1) is 8.34. The summed E-state index contributed by atoms with van der Waals surface area (Å²) in [6.45, 7) is 2.06. The maximum atomic E-state index is 11.8. The van der Waals surface area contributed by atoms with Crippen molar-refractivity contribution in [3.8, 4) is 0 Å². The van der Waals surface area contributed by atoms with E-state index in [1.165, 1.54) is 38.5 Å². The van der Waals surface area contributed by atoms with Gasteiger partial charge in [-0.25, -0.2) is 0 Å². The molecule has 1 heterocycles. The SMILES string of the molecule is Cl.O=C(CCC1CCCCC1)N[C@H]1CCCNC1. The summed E-state index contributed by atoms with van der Waals surface area (Å²) in [7, 11) is 0. The first-order valence-corrected chi connectivity index (χ1v) is 7.34. The number of halogens is 1. The van der Waals surface area contributed by atoms with Gasteiger partial charge in [0.25, 0.3) is 0 Å². The fourth-order valence-corrected chi connectivity index (χ4v) is 3.09. The van der Waals surface area contributed by atoms with Crippen LogP contribution >= 0.6 is 12.4 Å². The fraction of sp³-hybridized carbons (Fsp3) is 0.929. The van der Waals surface area contributed by atoms with E-state index in [2.05, 4.69) is 10.6 Å². The Balaban J connectivity index is 0.00000162. The Labute approximate surface area is 117 Å². The second kappa shape index (κ2) is 8.76. The Morgan fingerprint density at radius 1 is 1.11 bits per heavy atom. The lowest BCUT2D eigenvalue weighted by molar-refractivity contribution is -0.122. The molecule has 0 aromatic carbocycles. The highest BCUT2D eigenvalue weighted by Crippen LogP contribution is 2.27. The maximum Gasteiger partial charge on any atom is 0.220 e. The molecule has 0 radical (unpaired) electrons. The highest BCUT2D eigenvalue weighted by molar-refractivity contribution is 5.85. The van der Waals surface area contributed by atoms with Crippen molar-refractivity contribution in [1.29, 1.82) is 0 Å². The minimum absolute atomic E-state index is 0. The Morgan fingerprint density at radius 2 is 1.89 bits per heavy atom. The van der Waals surface area contributed by atoms with Crippen LogP contribution in [0.25, 0.3) is 0 Å². The largest absolute Gasteiger partial charge is 0.352 e. The number of carbonyl (C=O) groups excluding carboxylic acids is 1. The minimum atomic E-state index is 0. The van der Waals surface area contributed by atoms with E-state index in [-0.39, 0.29) is 18.3 Å². The van der Waals surface area contributed by atoms with Crippen molar-refractivity contribution in [1.82, 2.24) is 10.6 Å². The van der Waals surface area contributed by atoms with Gasteiger partial charge in [0, 0.05) is 19.0 Å². The molecule has 0 spiro atoms. The van der Waals surface area contributed by atoms with E-state index in [0.717, 1.165) is 38.3 Å². The van der Waals surface area contributed by atoms with Crippen LogP contribution < -0.4 is 10.6 Å². The van der Waals surface area contributed by atoms with Gasteiger partial charge in [-0.05, 0) is 31.7 Å².